The molecule has 1 aromatic rings. The maximum absolute atomic E-state index is 13.1. The fourth-order valence-corrected chi connectivity index (χ4v) is 1.83. The van der Waals surface area contributed by atoms with E-state index >= 15 is 0 Å². The molecule has 0 heterocycles. The molecule has 1 rings (SSSR count). The number of nitrogens with one attached hydrogen (secondary N) is 1. The largest absolute Gasteiger partial charge is 0.407 e. The minimum atomic E-state index is -4.46. The van der Waals surface area contributed by atoms with Crippen LogP contribution in [-0.4, -0.2) is 36.6 Å². The van der Waals surface area contributed by atoms with Crippen molar-refractivity contribution < 1.29 is 18.0 Å². The van der Waals surface area contributed by atoms with Gasteiger partial charge in [-0.05, 0) is 19.4 Å². The van der Waals surface area contributed by atoms with Crippen LogP contribution in [0.4, 0.5) is 13.2 Å². The number of alkyl halides is 3. The first-order valence-electron chi connectivity index (χ1n) is 6.40. The SMILES string of the molecule is CCN(C)C(=O)C(C)NC(c1ccccc1)C(F)(F)F. The summed E-state index contributed by atoms with van der Waals surface area (Å²) in [6.07, 6.45) is -4.46. The summed E-state index contributed by atoms with van der Waals surface area (Å²) in [6.45, 7) is 3.66. The van der Waals surface area contributed by atoms with Gasteiger partial charge in [0.25, 0.3) is 0 Å². The summed E-state index contributed by atoms with van der Waals surface area (Å²) >= 11 is 0. The Morgan fingerprint density at radius 3 is 2.30 bits per heavy atom. The molecule has 0 aliphatic heterocycles. The van der Waals surface area contributed by atoms with Crippen LogP contribution in [0.2, 0.25) is 0 Å². The van der Waals surface area contributed by atoms with Gasteiger partial charge >= 0.3 is 6.18 Å². The van der Waals surface area contributed by atoms with E-state index < -0.39 is 18.3 Å². The Morgan fingerprint density at radius 1 is 1.30 bits per heavy atom. The summed E-state index contributed by atoms with van der Waals surface area (Å²) in [6, 6.07) is 4.76. The lowest BCUT2D eigenvalue weighted by Crippen LogP contribution is -2.47. The molecule has 112 valence electrons. The van der Waals surface area contributed by atoms with E-state index in [4.69, 9.17) is 0 Å². The van der Waals surface area contributed by atoms with Crippen LogP contribution in [-0.2, 0) is 4.79 Å². The van der Waals surface area contributed by atoms with E-state index in [1.165, 1.54) is 24.0 Å². The van der Waals surface area contributed by atoms with Crippen LogP contribution in [0.3, 0.4) is 0 Å². The second kappa shape index (κ2) is 6.74. The smallest absolute Gasteiger partial charge is 0.345 e. The Kier molecular flexibility index (Phi) is 5.56. The van der Waals surface area contributed by atoms with Crippen molar-refractivity contribution in [3.05, 3.63) is 35.9 Å². The molecule has 6 heteroatoms. The molecule has 0 saturated heterocycles. The van der Waals surface area contributed by atoms with E-state index in [2.05, 4.69) is 5.32 Å². The van der Waals surface area contributed by atoms with Crippen LogP contribution in [0.25, 0.3) is 0 Å². The number of hydrogen-bond donors (Lipinski definition) is 1. The zero-order valence-electron chi connectivity index (χ0n) is 11.7. The van der Waals surface area contributed by atoms with E-state index in [0.29, 0.717) is 6.54 Å². The summed E-state index contributed by atoms with van der Waals surface area (Å²) in [7, 11) is 1.56. The van der Waals surface area contributed by atoms with E-state index in [1.807, 2.05) is 0 Å². The van der Waals surface area contributed by atoms with Gasteiger partial charge in [-0.3, -0.25) is 10.1 Å². The number of halogens is 3. The average Bonchev–Trinajstić information content (AvgIpc) is 2.42. The third-order valence-corrected chi connectivity index (χ3v) is 3.10. The molecule has 1 N–H and O–H groups in total. The van der Waals surface area contributed by atoms with Crippen molar-refractivity contribution in [3.63, 3.8) is 0 Å². The van der Waals surface area contributed by atoms with Crippen LogP contribution in [0, 0.1) is 0 Å². The van der Waals surface area contributed by atoms with Gasteiger partial charge in [0.15, 0.2) is 0 Å². The number of rotatable bonds is 5. The molecule has 2 atom stereocenters. The van der Waals surface area contributed by atoms with Crippen LogP contribution in [0.1, 0.15) is 25.5 Å². The van der Waals surface area contributed by atoms with Crippen LogP contribution >= 0.6 is 0 Å². The number of hydrogen-bond acceptors (Lipinski definition) is 2. The number of carbonyl (C=O) groups excluding carboxylic acids is 1. The van der Waals surface area contributed by atoms with E-state index in [9.17, 15) is 18.0 Å². The number of likely N-dealkylation sites (N-methyl/N-ethyl adjacent to an activating group) is 1. The fraction of sp³-hybridized carbons (Fsp3) is 0.500. The Balaban J connectivity index is 2.90. The highest BCUT2D eigenvalue weighted by molar-refractivity contribution is 5.81. The predicted octanol–water partition coefficient (Wildman–Crippen LogP) is 2.75. The summed E-state index contributed by atoms with van der Waals surface area (Å²) in [5.41, 5.74) is 0.0961. The molecule has 0 radical (unpaired) electrons. The molecule has 0 aliphatic carbocycles. The average molecular weight is 288 g/mol. The summed E-state index contributed by atoms with van der Waals surface area (Å²) < 4.78 is 39.4. The first-order valence-corrected chi connectivity index (χ1v) is 6.40. The first-order chi connectivity index (χ1) is 9.27. The van der Waals surface area contributed by atoms with E-state index in [-0.39, 0.29) is 11.5 Å². The van der Waals surface area contributed by atoms with E-state index in [0.717, 1.165) is 0 Å². The van der Waals surface area contributed by atoms with Crippen LogP contribution < -0.4 is 5.32 Å². The lowest BCUT2D eigenvalue weighted by atomic mass is 10.1. The number of benzene rings is 1. The van der Waals surface area contributed by atoms with Gasteiger partial charge in [0.1, 0.15) is 6.04 Å². The van der Waals surface area contributed by atoms with Gasteiger partial charge in [-0.15, -0.1) is 0 Å². The summed E-state index contributed by atoms with van der Waals surface area (Å²) in [5.74, 6) is -0.363. The molecule has 0 aliphatic rings. The van der Waals surface area contributed by atoms with Gasteiger partial charge in [0.2, 0.25) is 5.91 Å². The molecule has 0 saturated carbocycles. The summed E-state index contributed by atoms with van der Waals surface area (Å²) in [4.78, 5) is 13.2. The highest BCUT2D eigenvalue weighted by atomic mass is 19.4. The third-order valence-electron chi connectivity index (χ3n) is 3.10. The maximum Gasteiger partial charge on any atom is 0.407 e. The zero-order chi connectivity index (χ0) is 15.3. The van der Waals surface area contributed by atoms with Gasteiger partial charge in [-0.2, -0.15) is 13.2 Å². The Bertz CT molecular complexity index is 434. The van der Waals surface area contributed by atoms with Gasteiger partial charge in [0.05, 0.1) is 6.04 Å². The van der Waals surface area contributed by atoms with Crippen molar-refractivity contribution in [3.8, 4) is 0 Å². The molecule has 1 amide bonds. The Morgan fingerprint density at radius 2 is 1.85 bits per heavy atom. The van der Waals surface area contributed by atoms with Gasteiger partial charge < -0.3 is 4.90 Å². The highest BCUT2D eigenvalue weighted by Crippen LogP contribution is 2.32. The van der Waals surface area contributed by atoms with Crippen molar-refractivity contribution in [1.82, 2.24) is 10.2 Å². The Hall–Kier alpha value is -1.56. The van der Waals surface area contributed by atoms with Gasteiger partial charge in [0, 0.05) is 13.6 Å². The summed E-state index contributed by atoms with van der Waals surface area (Å²) in [5, 5.41) is 2.37. The van der Waals surface area contributed by atoms with Gasteiger partial charge in [-0.25, -0.2) is 0 Å². The molecule has 1 aromatic carbocycles. The van der Waals surface area contributed by atoms with Crippen LogP contribution in [0.5, 0.6) is 0 Å². The monoisotopic (exact) mass is 288 g/mol. The van der Waals surface area contributed by atoms with Crippen molar-refractivity contribution >= 4 is 5.91 Å². The highest BCUT2D eigenvalue weighted by Gasteiger charge is 2.42. The molecular weight excluding hydrogens is 269 g/mol. The molecular formula is C14H19F3N2O. The third kappa shape index (κ3) is 4.23. The minimum absolute atomic E-state index is 0.0961. The lowest BCUT2D eigenvalue weighted by molar-refractivity contribution is -0.161. The molecule has 3 nitrogen and oxygen atoms in total. The molecule has 0 fully saturated rings. The normalized spacial score (nSPS) is 14.7. The topological polar surface area (TPSA) is 32.3 Å². The Labute approximate surface area is 116 Å². The van der Waals surface area contributed by atoms with Crippen molar-refractivity contribution in [1.29, 1.82) is 0 Å². The fourth-order valence-electron chi connectivity index (χ4n) is 1.83. The second-order valence-corrected chi connectivity index (χ2v) is 4.63. The molecule has 0 spiro atoms. The lowest BCUT2D eigenvalue weighted by Gasteiger charge is -2.27. The number of nitrogens with zero attached hydrogens (tertiary/aromatic N) is 1. The molecule has 0 bridgehead atoms. The first kappa shape index (κ1) is 16.5. The van der Waals surface area contributed by atoms with Crippen molar-refractivity contribution in [2.45, 2.75) is 32.1 Å². The molecule has 20 heavy (non-hydrogen) atoms. The molecule has 0 aromatic heterocycles. The number of amides is 1. The molecule has 2 unspecified atom stereocenters. The maximum atomic E-state index is 13.1. The number of carbonyl (C=O) groups is 1. The zero-order valence-corrected chi connectivity index (χ0v) is 11.7. The van der Waals surface area contributed by atoms with Gasteiger partial charge in [-0.1, -0.05) is 30.3 Å². The predicted molar refractivity (Wildman–Crippen MR) is 71.1 cm³/mol. The quantitative estimate of drug-likeness (QED) is 0.903. The van der Waals surface area contributed by atoms with E-state index in [1.54, 1.807) is 32.2 Å². The van der Waals surface area contributed by atoms with Crippen LogP contribution in [0.15, 0.2) is 30.3 Å². The van der Waals surface area contributed by atoms with Crippen molar-refractivity contribution in [2.24, 2.45) is 0 Å². The minimum Gasteiger partial charge on any atom is -0.345 e. The van der Waals surface area contributed by atoms with Crippen molar-refractivity contribution in [2.75, 3.05) is 13.6 Å². The second-order valence-electron chi connectivity index (χ2n) is 4.63. The standard InChI is InChI=1S/C14H19F3N2O/c1-4-19(3)13(20)10(2)18-12(14(15,16)17)11-8-6-5-7-9-11/h5-10,12,18H,4H2,1-3H3.